The molecule has 1 aromatic rings. The van der Waals surface area contributed by atoms with Crippen molar-refractivity contribution in [2.24, 2.45) is 0 Å². The molecule has 0 radical (unpaired) electrons. The zero-order valence-electron chi connectivity index (χ0n) is 20.3. The third kappa shape index (κ3) is 7.69. The van der Waals surface area contributed by atoms with E-state index in [4.69, 9.17) is 20.3 Å². The second-order valence-electron chi connectivity index (χ2n) is 7.93. The maximum absolute atomic E-state index is 12.1. The summed E-state index contributed by atoms with van der Waals surface area (Å²) in [5.74, 6) is -0.0954. The van der Waals surface area contributed by atoms with Crippen LogP contribution in [0.15, 0.2) is 4.79 Å². The van der Waals surface area contributed by atoms with E-state index in [-0.39, 0.29) is 24.1 Å². The second-order valence-corrected chi connectivity index (χ2v) is 10.8. The van der Waals surface area contributed by atoms with Gasteiger partial charge in [-0.25, -0.2) is 9.13 Å². The predicted octanol–water partition coefficient (Wildman–Crippen LogP) is -1.41. The van der Waals surface area contributed by atoms with Crippen LogP contribution in [0.1, 0.15) is 20.8 Å². The van der Waals surface area contributed by atoms with Gasteiger partial charge in [0.05, 0.1) is 13.3 Å². The maximum Gasteiger partial charge on any atom is 0.481 e. The molecule has 0 aliphatic carbocycles. The van der Waals surface area contributed by atoms with Gasteiger partial charge in [0.25, 0.3) is 5.56 Å². The van der Waals surface area contributed by atoms with Gasteiger partial charge >= 0.3 is 15.6 Å². The van der Waals surface area contributed by atoms with Crippen molar-refractivity contribution in [1.29, 1.82) is 0 Å². The summed E-state index contributed by atoms with van der Waals surface area (Å²) in [6.07, 6.45) is -5.77. The zero-order valence-corrected chi connectivity index (χ0v) is 22.1. The monoisotopic (exact) mass is 560 g/mol. The number of ether oxygens (including phenoxy) is 1. The van der Waals surface area contributed by atoms with Crippen LogP contribution in [-0.2, 0) is 22.7 Å². The number of H-pyrrole nitrogens is 1. The molecule has 3 rings (SSSR count). The van der Waals surface area contributed by atoms with Crippen molar-refractivity contribution < 1.29 is 47.6 Å². The second kappa shape index (κ2) is 12.3. The lowest BCUT2D eigenvalue weighted by Crippen LogP contribution is -2.45. The Kier molecular flexibility index (Phi) is 10.4. The van der Waals surface area contributed by atoms with Gasteiger partial charge in [0, 0.05) is 7.05 Å². The molecule has 0 bridgehead atoms. The third-order valence-corrected chi connectivity index (χ3v) is 7.66. The predicted molar refractivity (Wildman–Crippen MR) is 128 cm³/mol. The molecular weight excluding hydrogens is 526 g/mol. The number of aliphatic hydroxyl groups is 2. The SMILES string of the molecule is CCN(CC)CC.CN1CN([C@@H]2O[C@H](COP(=O)(O)OP(=O)(O)O)[C@@H](O)[C@H]2O)c2nc(N)[nH]c(=O)c21. The van der Waals surface area contributed by atoms with Crippen LogP contribution in [0.25, 0.3) is 0 Å². The summed E-state index contributed by atoms with van der Waals surface area (Å²) in [6, 6.07) is 0. The van der Waals surface area contributed by atoms with Gasteiger partial charge < -0.3 is 50.1 Å². The molecule has 8 N–H and O–H groups in total. The Morgan fingerprint density at radius 1 is 1.17 bits per heavy atom. The molecule has 1 unspecified atom stereocenters. The van der Waals surface area contributed by atoms with Crippen LogP contribution in [0.4, 0.5) is 17.5 Å². The van der Waals surface area contributed by atoms with Gasteiger partial charge in [-0.1, -0.05) is 20.8 Å². The summed E-state index contributed by atoms with van der Waals surface area (Å²) in [4.78, 5) is 50.1. The molecule has 2 aliphatic rings. The minimum atomic E-state index is -5.32. The molecule has 5 atom stereocenters. The van der Waals surface area contributed by atoms with E-state index >= 15 is 0 Å². The number of nitrogen functional groups attached to an aromatic ring is 1. The number of aromatic nitrogens is 2. The van der Waals surface area contributed by atoms with Crippen molar-refractivity contribution in [3.8, 4) is 0 Å². The average Bonchev–Trinajstić information content (AvgIpc) is 3.23. The van der Waals surface area contributed by atoms with E-state index in [2.05, 4.69) is 44.5 Å². The van der Waals surface area contributed by atoms with Crippen LogP contribution in [0.3, 0.4) is 0 Å². The standard InChI is InChI=1S/C11H19N5O11P2.C6H15N/c1-15-3-16(8-5(15)9(19)14-11(12)13-8)10-7(18)6(17)4(26-10)2-25-29(23,24)27-28(20,21)22;1-4-7(5-2)6-3/h4,6-7,10,17-18H,2-3H2,1H3,(H,23,24)(H2,20,21,22)(H3,12,13,14,19);4-6H2,1-3H3/t4-,6-,7-,10-;/m1./s1. The first-order chi connectivity index (χ1) is 16.6. The lowest BCUT2D eigenvalue weighted by atomic mass is 10.1. The lowest BCUT2D eigenvalue weighted by Gasteiger charge is -2.27. The highest BCUT2D eigenvalue weighted by molar-refractivity contribution is 7.60. The third-order valence-electron chi connectivity index (χ3n) is 5.51. The molecule has 0 saturated carbocycles. The van der Waals surface area contributed by atoms with E-state index in [1.165, 1.54) is 29.4 Å². The molecule has 2 aliphatic heterocycles. The van der Waals surface area contributed by atoms with Crippen molar-refractivity contribution in [2.45, 2.75) is 45.3 Å². The molecule has 0 amide bonds. The number of aromatic amines is 1. The number of anilines is 3. The Morgan fingerprint density at radius 3 is 2.25 bits per heavy atom. The summed E-state index contributed by atoms with van der Waals surface area (Å²) in [6.45, 7) is 9.32. The Balaban J connectivity index is 0.000000572. The van der Waals surface area contributed by atoms with Crippen molar-refractivity contribution in [3.05, 3.63) is 10.4 Å². The molecule has 19 heteroatoms. The van der Waals surface area contributed by atoms with Gasteiger partial charge in [-0.15, -0.1) is 0 Å². The van der Waals surface area contributed by atoms with Gasteiger partial charge in [0.2, 0.25) is 5.95 Å². The number of hydrogen-bond acceptors (Lipinski definition) is 13. The van der Waals surface area contributed by atoms with Gasteiger partial charge in [-0.2, -0.15) is 9.29 Å². The fourth-order valence-corrected chi connectivity index (χ4v) is 5.30. The minimum Gasteiger partial charge on any atom is -0.387 e. The van der Waals surface area contributed by atoms with Crippen LogP contribution in [-0.4, -0.2) is 104 Å². The number of aliphatic hydroxyl groups excluding tert-OH is 2. The van der Waals surface area contributed by atoms with E-state index in [0.717, 1.165) is 0 Å². The number of fused-ring (bicyclic) bond motifs is 1. The number of phosphoric acid groups is 2. The first-order valence-electron chi connectivity index (χ1n) is 11.0. The Morgan fingerprint density at radius 2 is 1.75 bits per heavy atom. The van der Waals surface area contributed by atoms with Crippen molar-refractivity contribution in [1.82, 2.24) is 14.9 Å². The fraction of sp³-hybridized carbons (Fsp3) is 0.765. The van der Waals surface area contributed by atoms with E-state index < -0.39 is 52.4 Å². The molecule has 208 valence electrons. The number of nitrogens with one attached hydrogen (secondary N) is 1. The van der Waals surface area contributed by atoms with E-state index in [1.54, 1.807) is 7.05 Å². The van der Waals surface area contributed by atoms with Crippen LogP contribution in [0.2, 0.25) is 0 Å². The van der Waals surface area contributed by atoms with Gasteiger partial charge in [0.15, 0.2) is 12.0 Å². The van der Waals surface area contributed by atoms with Gasteiger partial charge in [0.1, 0.15) is 24.0 Å². The van der Waals surface area contributed by atoms with Gasteiger partial charge in [-0.3, -0.25) is 14.3 Å². The topological polar surface area (TPSA) is 244 Å². The molecule has 0 aromatic carbocycles. The van der Waals surface area contributed by atoms with Gasteiger partial charge in [-0.05, 0) is 19.6 Å². The first kappa shape index (κ1) is 30.6. The van der Waals surface area contributed by atoms with Crippen LogP contribution < -0.4 is 21.1 Å². The first-order valence-corrected chi connectivity index (χ1v) is 14.0. The van der Waals surface area contributed by atoms with Crippen molar-refractivity contribution >= 4 is 33.1 Å². The average molecular weight is 560 g/mol. The molecular formula is C17H34N6O11P2. The van der Waals surface area contributed by atoms with Crippen molar-refractivity contribution in [3.63, 3.8) is 0 Å². The van der Waals surface area contributed by atoms with Crippen LogP contribution in [0.5, 0.6) is 0 Å². The summed E-state index contributed by atoms with van der Waals surface area (Å²) in [7, 11) is -8.91. The number of rotatable bonds is 9. The quantitative estimate of drug-likeness (QED) is 0.171. The Labute approximate surface area is 207 Å². The molecule has 3 heterocycles. The number of phosphoric ester groups is 1. The molecule has 17 nitrogen and oxygen atoms in total. The zero-order chi connectivity index (χ0) is 27.4. The number of nitrogens with two attached hydrogens (primary N) is 1. The molecule has 1 saturated heterocycles. The number of nitrogens with zero attached hydrogens (tertiary/aromatic N) is 4. The van der Waals surface area contributed by atoms with E-state index in [0.29, 0.717) is 0 Å². The van der Waals surface area contributed by atoms with E-state index in [9.17, 15) is 29.0 Å². The maximum atomic E-state index is 12.1. The summed E-state index contributed by atoms with van der Waals surface area (Å²) < 4.78 is 35.8. The van der Waals surface area contributed by atoms with Crippen molar-refractivity contribution in [2.75, 3.05) is 55.5 Å². The molecule has 0 spiro atoms. The number of hydrogen-bond donors (Lipinski definition) is 7. The summed E-state index contributed by atoms with van der Waals surface area (Å²) >= 11 is 0. The highest BCUT2D eigenvalue weighted by Gasteiger charge is 2.49. The molecule has 1 aromatic heterocycles. The summed E-state index contributed by atoms with van der Waals surface area (Å²) in [5, 5.41) is 20.5. The highest BCUT2D eigenvalue weighted by atomic mass is 31.3. The largest absolute Gasteiger partial charge is 0.481 e. The van der Waals surface area contributed by atoms with Crippen LogP contribution >= 0.6 is 15.6 Å². The lowest BCUT2D eigenvalue weighted by molar-refractivity contribution is -0.0217. The van der Waals surface area contributed by atoms with E-state index in [1.807, 2.05) is 0 Å². The fourth-order valence-electron chi connectivity index (χ4n) is 3.70. The normalized spacial score (nSPS) is 25.5. The Hall–Kier alpha value is -1.62. The highest BCUT2D eigenvalue weighted by Crippen LogP contribution is 2.57. The molecule has 1 fully saturated rings. The van der Waals surface area contributed by atoms with Crippen LogP contribution in [0, 0.1) is 0 Å². The summed E-state index contributed by atoms with van der Waals surface area (Å²) in [5.41, 5.74) is 5.18. The Bertz CT molecular complexity index is 1030. The molecule has 36 heavy (non-hydrogen) atoms. The smallest absolute Gasteiger partial charge is 0.387 e. The minimum absolute atomic E-state index is 0.0384.